The summed E-state index contributed by atoms with van der Waals surface area (Å²) in [5.74, 6) is 0.972. The summed E-state index contributed by atoms with van der Waals surface area (Å²) in [6, 6.07) is 2.94. The van der Waals surface area contributed by atoms with Crippen LogP contribution < -0.4 is 16.4 Å². The molecular weight excluding hydrogens is 730 g/mol. The van der Waals surface area contributed by atoms with Crippen molar-refractivity contribution in [2.24, 2.45) is 0 Å². The summed E-state index contributed by atoms with van der Waals surface area (Å²) in [4.78, 5) is 57.2. The quantitative estimate of drug-likeness (QED) is 0.138. The molecular formula is C31H43N13O9S. The molecule has 2 aliphatic heterocycles. The molecule has 4 aromatic heterocycles. The molecule has 6 heterocycles. The zero-order chi connectivity index (χ0) is 39.7. The molecule has 0 aromatic carbocycles. The van der Waals surface area contributed by atoms with Gasteiger partial charge in [-0.15, -0.1) is 0 Å². The van der Waals surface area contributed by atoms with E-state index in [-0.39, 0.29) is 52.8 Å². The molecule has 54 heavy (non-hydrogen) atoms. The second kappa shape index (κ2) is 15.2. The number of nitrogens with zero attached hydrogens (tertiary/aromatic N) is 10. The van der Waals surface area contributed by atoms with Crippen molar-refractivity contribution in [1.82, 2.24) is 39.0 Å². The molecule has 0 radical (unpaired) electrons. The molecule has 6 rings (SSSR count). The number of nitro groups is 2. The van der Waals surface area contributed by atoms with Crippen molar-refractivity contribution >= 4 is 63.1 Å². The molecule has 4 N–H and O–H groups in total. The fourth-order valence-electron chi connectivity index (χ4n) is 5.67. The summed E-state index contributed by atoms with van der Waals surface area (Å²) in [5.41, 5.74) is 4.38. The number of nitrogens with one attached hydrogen (secondary N) is 2. The Morgan fingerprint density at radius 1 is 0.815 bits per heavy atom. The number of ether oxygens (including phenoxy) is 2. The molecule has 23 heteroatoms. The Morgan fingerprint density at radius 3 is 1.67 bits per heavy atom. The minimum absolute atomic E-state index is 0.0159. The number of nitrogen functional groups attached to an aromatic ring is 1. The van der Waals surface area contributed by atoms with Crippen molar-refractivity contribution in [2.45, 2.75) is 82.7 Å². The minimum atomic E-state index is -1.43. The number of carbonyl (C=O) groups excluding carboxylic acids is 2. The molecule has 22 nitrogen and oxygen atoms in total. The largest absolute Gasteiger partial charge is 0.444 e. The highest BCUT2D eigenvalue weighted by atomic mass is 32.2. The van der Waals surface area contributed by atoms with Crippen molar-refractivity contribution < 1.29 is 33.1 Å². The number of hydrogen-bond donors (Lipinski definition) is 3. The Morgan fingerprint density at radius 2 is 1.24 bits per heavy atom. The van der Waals surface area contributed by atoms with Gasteiger partial charge in [-0.1, -0.05) is 0 Å². The van der Waals surface area contributed by atoms with Crippen LogP contribution in [-0.4, -0.2) is 121 Å². The Balaban J connectivity index is 0.000000208. The molecule has 0 saturated carbocycles. The lowest BCUT2D eigenvalue weighted by Gasteiger charge is -2.24. The van der Waals surface area contributed by atoms with Gasteiger partial charge in [0, 0.05) is 56.7 Å². The average molecular weight is 774 g/mol. The fraction of sp³-hybridized carbons (Fsp3) is 0.548. The van der Waals surface area contributed by atoms with Crippen LogP contribution in [0.25, 0.3) is 11.3 Å². The molecule has 1 unspecified atom stereocenters. The lowest BCUT2D eigenvalue weighted by atomic mass is 10.2. The van der Waals surface area contributed by atoms with E-state index in [1.807, 2.05) is 20.8 Å². The highest BCUT2D eigenvalue weighted by molar-refractivity contribution is 7.84. The van der Waals surface area contributed by atoms with Gasteiger partial charge in [0.1, 0.15) is 46.1 Å². The number of nitrogens with two attached hydrogens (primary N) is 1. The van der Waals surface area contributed by atoms with E-state index in [0.717, 1.165) is 12.4 Å². The van der Waals surface area contributed by atoms with E-state index in [4.69, 9.17) is 15.2 Å². The first-order chi connectivity index (χ1) is 25.2. The van der Waals surface area contributed by atoms with Crippen LogP contribution in [0.4, 0.5) is 38.4 Å². The zero-order valence-electron chi connectivity index (χ0n) is 30.8. The molecule has 3 atom stereocenters. The summed E-state index contributed by atoms with van der Waals surface area (Å²) in [5, 5.41) is 36.7. The molecule has 0 aliphatic carbocycles. The van der Waals surface area contributed by atoms with Gasteiger partial charge in [0.15, 0.2) is 0 Å². The van der Waals surface area contributed by atoms with Crippen LogP contribution in [0, 0.1) is 20.2 Å². The van der Waals surface area contributed by atoms with Crippen LogP contribution in [-0.2, 0) is 20.3 Å². The highest BCUT2D eigenvalue weighted by Gasteiger charge is 2.32. The van der Waals surface area contributed by atoms with Gasteiger partial charge >= 0.3 is 23.6 Å². The molecule has 4 aromatic rings. The predicted molar refractivity (Wildman–Crippen MR) is 196 cm³/mol. The van der Waals surface area contributed by atoms with Crippen molar-refractivity contribution in [3.8, 4) is 0 Å². The predicted octanol–water partition coefficient (Wildman–Crippen LogP) is 3.44. The van der Waals surface area contributed by atoms with Gasteiger partial charge in [-0.2, -0.15) is 19.2 Å². The SMILES string of the molecule is CC(C)(C)OC(=O)N1CC[C@H](Nc2cc(N)n3ncc([N+](=O)[O-])c3n2)C1.CS(=O)c1cc(N[C@H]2CCN(C(=O)OC(C)(C)C)C2)nc2c([N+](=O)[O-])cnn12. The summed E-state index contributed by atoms with van der Waals surface area (Å²) in [7, 11) is -1.43. The molecule has 2 amide bonds. The lowest BCUT2D eigenvalue weighted by Crippen LogP contribution is -2.36. The average Bonchev–Trinajstić information content (AvgIpc) is 3.85. The van der Waals surface area contributed by atoms with Crippen LogP contribution in [0.15, 0.2) is 29.6 Å². The first-order valence-electron chi connectivity index (χ1n) is 16.8. The molecule has 0 spiro atoms. The summed E-state index contributed by atoms with van der Waals surface area (Å²) in [6.07, 6.45) is 4.28. The minimum Gasteiger partial charge on any atom is -0.444 e. The summed E-state index contributed by atoms with van der Waals surface area (Å²) in [6.45, 7) is 12.8. The smallest absolute Gasteiger partial charge is 0.410 e. The number of hydrogen-bond acceptors (Lipinski definition) is 16. The van der Waals surface area contributed by atoms with Gasteiger partial charge < -0.3 is 35.6 Å². The summed E-state index contributed by atoms with van der Waals surface area (Å²) >= 11 is 0. The van der Waals surface area contributed by atoms with Crippen molar-refractivity contribution in [1.29, 1.82) is 0 Å². The monoisotopic (exact) mass is 773 g/mol. The Labute approximate surface area is 311 Å². The van der Waals surface area contributed by atoms with Crippen molar-refractivity contribution in [2.75, 3.05) is 48.8 Å². The van der Waals surface area contributed by atoms with E-state index >= 15 is 0 Å². The van der Waals surface area contributed by atoms with E-state index in [2.05, 4.69) is 30.8 Å². The third-order valence-electron chi connectivity index (χ3n) is 7.97. The van der Waals surface area contributed by atoms with Gasteiger partial charge in [0.2, 0.25) is 11.3 Å². The number of aromatic nitrogens is 6. The maximum absolute atomic E-state index is 12.2. The molecule has 2 aliphatic rings. The number of rotatable bonds is 7. The van der Waals surface area contributed by atoms with Crippen LogP contribution in [0.5, 0.6) is 0 Å². The number of anilines is 3. The first kappa shape index (κ1) is 39.3. The van der Waals surface area contributed by atoms with Crippen LogP contribution in [0.3, 0.4) is 0 Å². The maximum Gasteiger partial charge on any atom is 0.410 e. The van der Waals surface area contributed by atoms with Crippen LogP contribution >= 0.6 is 0 Å². The van der Waals surface area contributed by atoms with Crippen molar-refractivity contribution in [3.05, 3.63) is 44.8 Å². The Bertz CT molecular complexity index is 2110. The van der Waals surface area contributed by atoms with E-state index in [9.17, 15) is 34.0 Å². The number of amides is 2. The van der Waals surface area contributed by atoms with Gasteiger partial charge in [-0.05, 0) is 54.4 Å². The number of likely N-dealkylation sites (tertiary alicyclic amines) is 2. The normalized spacial score (nSPS) is 17.9. The van der Waals surface area contributed by atoms with Crippen LogP contribution in [0.1, 0.15) is 54.4 Å². The number of carbonyl (C=O) groups is 2. The molecule has 2 saturated heterocycles. The first-order valence-corrected chi connectivity index (χ1v) is 18.4. The third kappa shape index (κ3) is 9.37. The topological polar surface area (TPSA) is 273 Å². The third-order valence-corrected chi connectivity index (χ3v) is 8.85. The lowest BCUT2D eigenvalue weighted by molar-refractivity contribution is -0.383. The van der Waals surface area contributed by atoms with E-state index in [1.54, 1.807) is 42.7 Å². The second-order valence-corrected chi connectivity index (χ2v) is 16.0. The van der Waals surface area contributed by atoms with Gasteiger partial charge in [0.05, 0.1) is 20.6 Å². The Kier molecular flexibility index (Phi) is 11.1. The van der Waals surface area contributed by atoms with E-state index in [0.29, 0.717) is 55.7 Å². The fourth-order valence-corrected chi connectivity index (χ4v) is 6.32. The van der Waals surface area contributed by atoms with Crippen molar-refractivity contribution in [3.63, 3.8) is 0 Å². The summed E-state index contributed by atoms with van der Waals surface area (Å²) < 4.78 is 25.2. The molecule has 2 fully saturated rings. The van der Waals surface area contributed by atoms with Gasteiger partial charge in [0.25, 0.3) is 0 Å². The number of fused-ring (bicyclic) bond motifs is 2. The standard InChI is InChI=1S/C16H22N6O5S.C15H21N7O4/c1-16(2,3)27-15(23)20-6-5-10(9-20)18-12-7-13(28(4)26)21-14(19-12)11(8-17-21)22(24)25;1-15(2,3)26-14(23)20-5-4-9(8-20)18-12-6-11(16)21-13(19-12)10(7-17-21)22(24)25/h7-8,10H,5-6,9H2,1-4H3,(H,18,19);6-7,9H,4-5,8,16H2,1-3H3,(H,18,19)/t10-,28?;9-/m00/s1. The van der Waals surface area contributed by atoms with Gasteiger partial charge in [-0.25, -0.2) is 19.6 Å². The maximum atomic E-state index is 12.2. The van der Waals surface area contributed by atoms with Crippen LogP contribution in [0.2, 0.25) is 0 Å². The molecule has 292 valence electrons. The Hall–Kier alpha value is -5.87. The highest BCUT2D eigenvalue weighted by Crippen LogP contribution is 2.26. The zero-order valence-corrected chi connectivity index (χ0v) is 31.7. The van der Waals surface area contributed by atoms with Gasteiger partial charge in [-0.3, -0.25) is 24.4 Å². The van der Waals surface area contributed by atoms with E-state index in [1.165, 1.54) is 15.3 Å². The van der Waals surface area contributed by atoms with E-state index < -0.39 is 31.8 Å². The molecule has 0 bridgehead atoms. The second-order valence-electron chi connectivity index (χ2n) is 14.7.